The third-order valence-electron chi connectivity index (χ3n) is 3.29. The van der Waals surface area contributed by atoms with E-state index in [1.165, 1.54) is 12.5 Å². The van der Waals surface area contributed by atoms with Crippen LogP contribution >= 0.6 is 0 Å². The lowest BCUT2D eigenvalue weighted by molar-refractivity contribution is -0.494. The van der Waals surface area contributed by atoms with Crippen LogP contribution in [0.3, 0.4) is 0 Å². The van der Waals surface area contributed by atoms with Crippen LogP contribution in [0.2, 0.25) is 0 Å². The molecule has 0 radical (unpaired) electrons. The van der Waals surface area contributed by atoms with Crippen LogP contribution < -0.4 is 0 Å². The molecular formula is C13H21NO5. The predicted octanol–water partition coefficient (Wildman–Crippen LogP) is 1.69. The smallest absolute Gasteiger partial charge is 0.349 e. The Bertz CT molecular complexity index is 349. The highest BCUT2D eigenvalue weighted by Crippen LogP contribution is 2.25. The van der Waals surface area contributed by atoms with Gasteiger partial charge in [-0.05, 0) is 31.8 Å². The molecule has 1 aliphatic carbocycles. The first-order valence-electron chi connectivity index (χ1n) is 6.68. The van der Waals surface area contributed by atoms with Gasteiger partial charge in [0, 0.05) is 4.92 Å². The molecule has 6 heteroatoms. The van der Waals surface area contributed by atoms with Gasteiger partial charge < -0.3 is 9.84 Å². The first-order chi connectivity index (χ1) is 8.98. The third kappa shape index (κ3) is 4.98. The normalized spacial score (nSPS) is 20.1. The van der Waals surface area contributed by atoms with Crippen molar-refractivity contribution < 1.29 is 19.6 Å². The van der Waals surface area contributed by atoms with Crippen molar-refractivity contribution in [2.45, 2.75) is 44.6 Å². The summed E-state index contributed by atoms with van der Waals surface area (Å²) in [6, 6.07) is 0. The number of carbonyl (C=O) groups is 1. The maximum atomic E-state index is 11.6. The van der Waals surface area contributed by atoms with Gasteiger partial charge in [-0.3, -0.25) is 10.1 Å². The standard InChI is InChI=1S/C13H21NO5/c1-2-19-12(15)13(16,10-14(17)18)9-8-11-6-4-3-5-7-11/h8-9,11,16H,2-7,10H2,1H3/b9-8+/t13-/m0/s1. The van der Waals surface area contributed by atoms with Gasteiger partial charge in [-0.2, -0.15) is 0 Å². The lowest BCUT2D eigenvalue weighted by Gasteiger charge is -2.21. The lowest BCUT2D eigenvalue weighted by Crippen LogP contribution is -2.44. The molecule has 1 atom stereocenters. The van der Waals surface area contributed by atoms with Crippen molar-refractivity contribution in [3.8, 4) is 0 Å². The minimum atomic E-state index is -2.16. The van der Waals surface area contributed by atoms with Gasteiger partial charge in [0.25, 0.3) is 0 Å². The van der Waals surface area contributed by atoms with Crippen LogP contribution in [0, 0.1) is 16.0 Å². The third-order valence-corrected chi connectivity index (χ3v) is 3.29. The topological polar surface area (TPSA) is 89.7 Å². The van der Waals surface area contributed by atoms with Crippen LogP contribution in [-0.4, -0.2) is 34.8 Å². The molecule has 0 aromatic heterocycles. The first kappa shape index (κ1) is 15.6. The van der Waals surface area contributed by atoms with Gasteiger partial charge in [-0.1, -0.05) is 25.3 Å². The van der Waals surface area contributed by atoms with E-state index < -0.39 is 23.0 Å². The molecule has 6 nitrogen and oxygen atoms in total. The Balaban J connectivity index is 2.74. The number of nitrogens with zero attached hydrogens (tertiary/aromatic N) is 1. The summed E-state index contributed by atoms with van der Waals surface area (Å²) < 4.78 is 4.70. The number of carbonyl (C=O) groups excluding carboxylic acids is 1. The van der Waals surface area contributed by atoms with E-state index in [1.807, 2.05) is 0 Å². The summed E-state index contributed by atoms with van der Waals surface area (Å²) in [4.78, 5) is 21.5. The molecule has 1 N–H and O–H groups in total. The summed E-state index contributed by atoms with van der Waals surface area (Å²) >= 11 is 0. The minimum Gasteiger partial charge on any atom is -0.463 e. The van der Waals surface area contributed by atoms with Gasteiger partial charge >= 0.3 is 5.97 Å². The molecule has 1 aliphatic rings. The molecule has 0 amide bonds. The molecule has 1 fully saturated rings. The highest BCUT2D eigenvalue weighted by Gasteiger charge is 2.40. The van der Waals surface area contributed by atoms with Gasteiger partial charge in [0.2, 0.25) is 12.1 Å². The summed E-state index contributed by atoms with van der Waals surface area (Å²) in [7, 11) is 0. The predicted molar refractivity (Wildman–Crippen MR) is 69.2 cm³/mol. The molecule has 19 heavy (non-hydrogen) atoms. The summed E-state index contributed by atoms with van der Waals surface area (Å²) in [5, 5.41) is 20.7. The second kappa shape index (κ2) is 7.23. The molecule has 1 saturated carbocycles. The van der Waals surface area contributed by atoms with Crippen LogP contribution in [0.15, 0.2) is 12.2 Å². The molecule has 0 bridgehead atoms. The Labute approximate surface area is 112 Å². The van der Waals surface area contributed by atoms with Crippen molar-refractivity contribution >= 4 is 5.97 Å². The zero-order chi connectivity index (χ0) is 14.3. The van der Waals surface area contributed by atoms with E-state index in [9.17, 15) is 20.0 Å². The quantitative estimate of drug-likeness (QED) is 0.343. The molecule has 0 heterocycles. The Morgan fingerprint density at radius 1 is 1.47 bits per heavy atom. The molecule has 0 spiro atoms. The van der Waals surface area contributed by atoms with E-state index in [1.54, 1.807) is 13.0 Å². The van der Waals surface area contributed by atoms with E-state index >= 15 is 0 Å². The molecule has 1 rings (SSSR count). The van der Waals surface area contributed by atoms with Crippen LogP contribution in [0.25, 0.3) is 0 Å². The molecule has 0 saturated heterocycles. The molecule has 0 aliphatic heterocycles. The average Bonchev–Trinajstić information content (AvgIpc) is 2.37. The molecule has 0 unspecified atom stereocenters. The Morgan fingerprint density at radius 3 is 2.63 bits per heavy atom. The first-order valence-corrected chi connectivity index (χ1v) is 6.68. The van der Waals surface area contributed by atoms with Crippen molar-refractivity contribution in [2.24, 2.45) is 5.92 Å². The van der Waals surface area contributed by atoms with Crippen molar-refractivity contribution in [2.75, 3.05) is 13.2 Å². The number of allylic oxidation sites excluding steroid dienone is 1. The van der Waals surface area contributed by atoms with Crippen LogP contribution in [0.5, 0.6) is 0 Å². The minimum absolute atomic E-state index is 0.0795. The Kier molecular flexibility index (Phi) is 5.95. The van der Waals surface area contributed by atoms with E-state index in [2.05, 4.69) is 0 Å². The molecular weight excluding hydrogens is 250 g/mol. The zero-order valence-corrected chi connectivity index (χ0v) is 11.2. The number of aliphatic hydroxyl groups is 1. The number of ether oxygens (including phenoxy) is 1. The van der Waals surface area contributed by atoms with Gasteiger partial charge in [-0.15, -0.1) is 0 Å². The highest BCUT2D eigenvalue weighted by atomic mass is 16.6. The van der Waals surface area contributed by atoms with Crippen LogP contribution in [0.1, 0.15) is 39.0 Å². The largest absolute Gasteiger partial charge is 0.463 e. The van der Waals surface area contributed by atoms with E-state index in [4.69, 9.17) is 4.74 Å². The average molecular weight is 271 g/mol. The summed E-state index contributed by atoms with van der Waals surface area (Å²) in [5.74, 6) is -0.680. The number of nitro groups is 1. The summed E-state index contributed by atoms with van der Waals surface area (Å²) in [6.45, 7) is 0.806. The van der Waals surface area contributed by atoms with Gasteiger partial charge in [0.1, 0.15) is 0 Å². The van der Waals surface area contributed by atoms with E-state index in [-0.39, 0.29) is 12.5 Å². The SMILES string of the molecule is CCOC(=O)[C@](O)(/C=C/C1CCCCC1)C[N+](=O)[O-]. The fourth-order valence-corrected chi connectivity index (χ4v) is 2.26. The van der Waals surface area contributed by atoms with Crippen molar-refractivity contribution in [1.82, 2.24) is 0 Å². The van der Waals surface area contributed by atoms with Crippen molar-refractivity contribution in [1.29, 1.82) is 0 Å². The fourth-order valence-electron chi connectivity index (χ4n) is 2.26. The second-order valence-electron chi connectivity index (χ2n) is 4.89. The maximum absolute atomic E-state index is 11.6. The molecule has 0 aromatic carbocycles. The van der Waals surface area contributed by atoms with E-state index in [0.29, 0.717) is 0 Å². The highest BCUT2D eigenvalue weighted by molar-refractivity contribution is 5.81. The fraction of sp³-hybridized carbons (Fsp3) is 0.769. The summed E-state index contributed by atoms with van der Waals surface area (Å²) in [6.07, 6.45) is 8.37. The monoisotopic (exact) mass is 271 g/mol. The number of hydrogen-bond donors (Lipinski definition) is 1. The Hall–Kier alpha value is -1.43. The number of hydrogen-bond acceptors (Lipinski definition) is 5. The molecule has 108 valence electrons. The lowest BCUT2D eigenvalue weighted by atomic mass is 9.88. The number of esters is 1. The molecule has 0 aromatic rings. The van der Waals surface area contributed by atoms with E-state index in [0.717, 1.165) is 25.7 Å². The zero-order valence-electron chi connectivity index (χ0n) is 11.2. The maximum Gasteiger partial charge on any atom is 0.349 e. The van der Waals surface area contributed by atoms with Crippen molar-refractivity contribution in [3.63, 3.8) is 0 Å². The van der Waals surface area contributed by atoms with Crippen LogP contribution in [0.4, 0.5) is 0 Å². The van der Waals surface area contributed by atoms with Gasteiger partial charge in [0.05, 0.1) is 6.61 Å². The number of rotatable bonds is 6. The second-order valence-corrected chi connectivity index (χ2v) is 4.89. The van der Waals surface area contributed by atoms with Gasteiger partial charge in [-0.25, -0.2) is 4.79 Å². The Morgan fingerprint density at radius 2 is 2.11 bits per heavy atom. The summed E-state index contributed by atoms with van der Waals surface area (Å²) in [5.41, 5.74) is -2.16. The van der Waals surface area contributed by atoms with Crippen LogP contribution in [-0.2, 0) is 9.53 Å². The van der Waals surface area contributed by atoms with Gasteiger partial charge in [0.15, 0.2) is 0 Å². The van der Waals surface area contributed by atoms with Crippen molar-refractivity contribution in [3.05, 3.63) is 22.3 Å².